The molecule has 26 heavy (non-hydrogen) atoms. The van der Waals surface area contributed by atoms with Crippen LogP contribution in [0.1, 0.15) is 43.7 Å². The summed E-state index contributed by atoms with van der Waals surface area (Å²) in [5, 5.41) is 6.99. The highest BCUT2D eigenvalue weighted by atomic mass is 127. The Morgan fingerprint density at radius 3 is 2.69 bits per heavy atom. The van der Waals surface area contributed by atoms with Crippen molar-refractivity contribution in [3.63, 3.8) is 0 Å². The van der Waals surface area contributed by atoms with Gasteiger partial charge in [-0.1, -0.05) is 25.0 Å². The van der Waals surface area contributed by atoms with E-state index in [1.165, 1.54) is 37.7 Å². The smallest absolute Gasteiger partial charge is 0.191 e. The minimum atomic E-state index is 0. The molecule has 6 heteroatoms. The Morgan fingerprint density at radius 1 is 1.27 bits per heavy atom. The van der Waals surface area contributed by atoms with Crippen LogP contribution in [0.25, 0.3) is 0 Å². The van der Waals surface area contributed by atoms with Crippen molar-refractivity contribution in [2.75, 3.05) is 40.3 Å². The third-order valence-corrected chi connectivity index (χ3v) is 5.29. The SMILES string of the molecule is CN=C(NCCC1CC1)NCC(c1cccc(OC)c1)N1CCCC1.I. The molecule has 1 unspecified atom stereocenters. The highest BCUT2D eigenvalue weighted by Gasteiger charge is 2.24. The van der Waals surface area contributed by atoms with Crippen molar-refractivity contribution in [2.24, 2.45) is 10.9 Å². The maximum absolute atomic E-state index is 5.42. The van der Waals surface area contributed by atoms with E-state index in [0.717, 1.165) is 43.8 Å². The lowest BCUT2D eigenvalue weighted by Gasteiger charge is -2.29. The molecule has 1 saturated heterocycles. The Hall–Kier alpha value is -1.02. The summed E-state index contributed by atoms with van der Waals surface area (Å²) in [5.74, 6) is 2.78. The van der Waals surface area contributed by atoms with Gasteiger partial charge in [0.1, 0.15) is 5.75 Å². The molecule has 1 atom stereocenters. The molecule has 0 amide bonds. The molecule has 1 aliphatic carbocycles. The fourth-order valence-electron chi connectivity index (χ4n) is 3.58. The molecular weight excluding hydrogens is 439 g/mol. The molecule has 146 valence electrons. The normalized spacial score (nSPS) is 18.9. The molecule has 0 radical (unpaired) electrons. The Balaban J connectivity index is 0.00000243. The summed E-state index contributed by atoms with van der Waals surface area (Å²) in [7, 11) is 3.58. The zero-order valence-electron chi connectivity index (χ0n) is 16.0. The van der Waals surface area contributed by atoms with Crippen LogP contribution in [0.5, 0.6) is 5.75 Å². The van der Waals surface area contributed by atoms with Crippen LogP contribution in [-0.2, 0) is 0 Å². The average molecular weight is 472 g/mol. The van der Waals surface area contributed by atoms with Gasteiger partial charge in [-0.2, -0.15) is 0 Å². The molecule has 1 saturated carbocycles. The van der Waals surface area contributed by atoms with Crippen LogP contribution in [0.2, 0.25) is 0 Å². The number of hydrogen-bond acceptors (Lipinski definition) is 3. The molecule has 0 spiro atoms. The predicted molar refractivity (Wildman–Crippen MR) is 119 cm³/mol. The number of hydrogen-bond donors (Lipinski definition) is 2. The second kappa shape index (κ2) is 11.0. The van der Waals surface area contributed by atoms with E-state index >= 15 is 0 Å². The van der Waals surface area contributed by atoms with Gasteiger partial charge < -0.3 is 15.4 Å². The van der Waals surface area contributed by atoms with Crippen LogP contribution in [0.15, 0.2) is 29.3 Å². The second-order valence-electron chi connectivity index (χ2n) is 7.15. The summed E-state index contributed by atoms with van der Waals surface area (Å²) in [5.41, 5.74) is 1.31. The van der Waals surface area contributed by atoms with Crippen molar-refractivity contribution >= 4 is 29.9 Å². The summed E-state index contributed by atoms with van der Waals surface area (Å²) in [4.78, 5) is 6.95. The van der Waals surface area contributed by atoms with Crippen molar-refractivity contribution < 1.29 is 4.74 Å². The van der Waals surface area contributed by atoms with Crippen LogP contribution in [0, 0.1) is 5.92 Å². The number of halogens is 1. The van der Waals surface area contributed by atoms with Crippen LogP contribution in [0.3, 0.4) is 0 Å². The first-order chi connectivity index (χ1) is 12.3. The van der Waals surface area contributed by atoms with Crippen molar-refractivity contribution in [3.8, 4) is 5.75 Å². The number of guanidine groups is 1. The number of methoxy groups -OCH3 is 1. The second-order valence-corrected chi connectivity index (χ2v) is 7.15. The molecule has 0 aromatic heterocycles. The van der Waals surface area contributed by atoms with Crippen molar-refractivity contribution in [2.45, 2.75) is 38.1 Å². The number of aliphatic imine (C=N–C) groups is 1. The zero-order chi connectivity index (χ0) is 17.5. The molecule has 3 rings (SSSR count). The maximum atomic E-state index is 5.42. The molecule has 1 aliphatic heterocycles. The van der Waals surface area contributed by atoms with Crippen LogP contribution >= 0.6 is 24.0 Å². The molecular formula is C20H33IN4O. The fourth-order valence-corrected chi connectivity index (χ4v) is 3.58. The molecule has 2 N–H and O–H groups in total. The van der Waals surface area contributed by atoms with E-state index in [1.807, 2.05) is 13.1 Å². The third-order valence-electron chi connectivity index (χ3n) is 5.29. The lowest BCUT2D eigenvalue weighted by Crippen LogP contribution is -2.43. The summed E-state index contributed by atoms with van der Waals surface area (Å²) in [6.07, 6.45) is 6.64. The first kappa shape index (κ1) is 21.3. The van der Waals surface area contributed by atoms with Gasteiger partial charge in [0.25, 0.3) is 0 Å². The molecule has 2 aliphatic rings. The quantitative estimate of drug-likeness (QED) is 0.346. The van der Waals surface area contributed by atoms with E-state index in [1.54, 1.807) is 7.11 Å². The Labute approximate surface area is 175 Å². The topological polar surface area (TPSA) is 48.9 Å². The standard InChI is InChI=1S/C20H32N4O.HI/c1-21-20(22-11-10-16-8-9-16)23-15-19(24-12-3-4-13-24)17-6-5-7-18(14-17)25-2;/h5-7,14,16,19H,3-4,8-13,15H2,1-2H3,(H2,21,22,23);1H. The predicted octanol–water partition coefficient (Wildman–Crippen LogP) is 3.42. The highest BCUT2D eigenvalue weighted by Crippen LogP contribution is 2.31. The lowest BCUT2D eigenvalue weighted by molar-refractivity contribution is 0.245. The van der Waals surface area contributed by atoms with E-state index in [9.17, 15) is 0 Å². The summed E-state index contributed by atoms with van der Waals surface area (Å²) >= 11 is 0. The molecule has 5 nitrogen and oxygen atoms in total. The Kier molecular flexibility index (Phi) is 8.98. The molecule has 1 aromatic rings. The Morgan fingerprint density at radius 2 is 2.04 bits per heavy atom. The van der Waals surface area contributed by atoms with E-state index in [2.05, 4.69) is 38.7 Å². The van der Waals surface area contributed by atoms with E-state index in [4.69, 9.17) is 4.74 Å². The molecule has 0 bridgehead atoms. The highest BCUT2D eigenvalue weighted by molar-refractivity contribution is 14.0. The maximum Gasteiger partial charge on any atom is 0.191 e. The number of likely N-dealkylation sites (tertiary alicyclic amines) is 1. The lowest BCUT2D eigenvalue weighted by atomic mass is 10.1. The molecule has 2 fully saturated rings. The van der Waals surface area contributed by atoms with Gasteiger partial charge in [0.15, 0.2) is 5.96 Å². The van der Waals surface area contributed by atoms with Crippen LogP contribution in [0.4, 0.5) is 0 Å². The number of nitrogens with zero attached hydrogens (tertiary/aromatic N) is 2. The van der Waals surface area contributed by atoms with Gasteiger partial charge in [-0.25, -0.2) is 0 Å². The first-order valence-corrected chi connectivity index (χ1v) is 9.62. The van der Waals surface area contributed by atoms with Crippen molar-refractivity contribution in [1.29, 1.82) is 0 Å². The van der Waals surface area contributed by atoms with Crippen molar-refractivity contribution in [1.82, 2.24) is 15.5 Å². The molecule has 1 heterocycles. The third kappa shape index (κ3) is 6.30. The summed E-state index contributed by atoms with van der Waals surface area (Å²) in [6, 6.07) is 8.81. The van der Waals surface area contributed by atoms with E-state index < -0.39 is 0 Å². The summed E-state index contributed by atoms with van der Waals surface area (Å²) < 4.78 is 5.42. The van der Waals surface area contributed by atoms with Gasteiger partial charge in [-0.05, 0) is 56.0 Å². The largest absolute Gasteiger partial charge is 0.497 e. The van der Waals surface area contributed by atoms with Gasteiger partial charge in [0.05, 0.1) is 13.2 Å². The Bertz CT molecular complexity index is 571. The van der Waals surface area contributed by atoms with E-state index in [-0.39, 0.29) is 24.0 Å². The zero-order valence-corrected chi connectivity index (χ0v) is 18.4. The van der Waals surface area contributed by atoms with Crippen molar-refractivity contribution in [3.05, 3.63) is 29.8 Å². The van der Waals surface area contributed by atoms with E-state index in [0.29, 0.717) is 6.04 Å². The number of nitrogens with one attached hydrogen (secondary N) is 2. The summed E-state index contributed by atoms with van der Waals surface area (Å²) in [6.45, 7) is 4.20. The van der Waals surface area contributed by atoms with Gasteiger partial charge in [0.2, 0.25) is 0 Å². The number of benzene rings is 1. The van der Waals surface area contributed by atoms with Crippen LogP contribution in [-0.4, -0.2) is 51.2 Å². The minimum Gasteiger partial charge on any atom is -0.497 e. The number of rotatable bonds is 8. The minimum absolute atomic E-state index is 0. The number of ether oxygens (including phenoxy) is 1. The van der Waals surface area contributed by atoms with Gasteiger partial charge in [0, 0.05) is 20.1 Å². The fraction of sp³-hybridized carbons (Fsp3) is 0.650. The molecule has 1 aromatic carbocycles. The van der Waals surface area contributed by atoms with Gasteiger partial charge >= 0.3 is 0 Å². The monoisotopic (exact) mass is 472 g/mol. The first-order valence-electron chi connectivity index (χ1n) is 9.62. The average Bonchev–Trinajstić information content (AvgIpc) is 3.32. The van der Waals surface area contributed by atoms with Crippen LogP contribution < -0.4 is 15.4 Å². The van der Waals surface area contributed by atoms with Gasteiger partial charge in [-0.15, -0.1) is 24.0 Å². The van der Waals surface area contributed by atoms with Gasteiger partial charge in [-0.3, -0.25) is 9.89 Å².